The number of amides is 3. The first-order valence-corrected chi connectivity index (χ1v) is 15.4. The van der Waals surface area contributed by atoms with Crippen LogP contribution < -0.4 is 10.3 Å². The van der Waals surface area contributed by atoms with Crippen LogP contribution in [0.25, 0.3) is 10.8 Å². The number of benzene rings is 2. The summed E-state index contributed by atoms with van der Waals surface area (Å²) in [5, 5.41) is 7.76. The van der Waals surface area contributed by atoms with Gasteiger partial charge in [-0.2, -0.15) is 5.10 Å². The molecule has 1 atom stereocenters. The van der Waals surface area contributed by atoms with E-state index in [1.54, 1.807) is 67.8 Å². The van der Waals surface area contributed by atoms with Crippen LogP contribution in [0.2, 0.25) is 0 Å². The van der Waals surface area contributed by atoms with Crippen LogP contribution in [0.4, 0.5) is 9.18 Å². The first-order chi connectivity index (χ1) is 21.4. The van der Waals surface area contributed by atoms with E-state index >= 15 is 4.39 Å². The number of aromatic nitrogens is 2. The number of carbonyl (C=O) groups excluding carboxylic acids is 3. The fraction of sp³-hybridized carbons (Fsp3) is 0.485. The molecule has 3 aliphatic rings. The summed E-state index contributed by atoms with van der Waals surface area (Å²) in [6.45, 7) is 8.82. The average Bonchev–Trinajstić information content (AvgIpc) is 3.64. The monoisotopic (exact) mass is 619 g/mol. The van der Waals surface area contributed by atoms with E-state index in [1.165, 1.54) is 4.90 Å². The van der Waals surface area contributed by atoms with Gasteiger partial charge < -0.3 is 19.3 Å². The van der Waals surface area contributed by atoms with Crippen molar-refractivity contribution in [1.82, 2.24) is 24.9 Å². The number of rotatable bonds is 4. The standard InChI is InChI=1S/C33H38FN5O6/c1-32(2,3)45-31(43)39-12-7-11-33(39,4)30(42)38-15-13-37(14-16-38)29(41)25-26(34)21(18-20-10-17-44-27(20)25)19-24-22-8-5-6-9-23(22)28(40)36-35-24/h5-6,8-9,18H,7,10-17,19H2,1-4H3,(H,36,40)/t33-/m1/s1. The van der Waals surface area contributed by atoms with Crippen molar-refractivity contribution in [1.29, 1.82) is 0 Å². The number of piperazine rings is 1. The molecule has 0 aliphatic carbocycles. The highest BCUT2D eigenvalue weighted by Gasteiger charge is 2.49. The number of hydrogen-bond donors (Lipinski definition) is 1. The third-order valence-electron chi connectivity index (χ3n) is 8.90. The number of carbonyl (C=O) groups is 3. The van der Waals surface area contributed by atoms with Gasteiger partial charge in [0.25, 0.3) is 11.5 Å². The van der Waals surface area contributed by atoms with Gasteiger partial charge in [-0.15, -0.1) is 0 Å². The van der Waals surface area contributed by atoms with Crippen LogP contribution in [0.15, 0.2) is 35.1 Å². The number of nitrogens with one attached hydrogen (secondary N) is 1. The minimum Gasteiger partial charge on any atom is -0.492 e. The van der Waals surface area contributed by atoms with Crippen molar-refractivity contribution in [2.75, 3.05) is 39.3 Å². The second kappa shape index (κ2) is 11.5. The Morgan fingerprint density at radius 3 is 2.47 bits per heavy atom. The molecule has 11 nitrogen and oxygen atoms in total. The quantitative estimate of drug-likeness (QED) is 0.473. The van der Waals surface area contributed by atoms with Crippen LogP contribution in [0, 0.1) is 5.82 Å². The van der Waals surface area contributed by atoms with Crippen LogP contribution in [-0.4, -0.2) is 93.3 Å². The number of fused-ring (bicyclic) bond motifs is 2. The molecule has 3 aromatic rings. The van der Waals surface area contributed by atoms with Crippen molar-refractivity contribution in [3.63, 3.8) is 0 Å². The molecule has 1 aromatic heterocycles. The zero-order valence-corrected chi connectivity index (χ0v) is 26.1. The van der Waals surface area contributed by atoms with Gasteiger partial charge in [0, 0.05) is 51.0 Å². The summed E-state index contributed by atoms with van der Waals surface area (Å²) in [4.78, 5) is 57.6. The highest BCUT2D eigenvalue weighted by molar-refractivity contribution is 5.98. The zero-order valence-electron chi connectivity index (χ0n) is 26.1. The highest BCUT2D eigenvalue weighted by Crippen LogP contribution is 2.37. The van der Waals surface area contributed by atoms with E-state index in [2.05, 4.69) is 10.2 Å². The van der Waals surface area contributed by atoms with Crippen molar-refractivity contribution in [2.45, 2.75) is 64.5 Å². The lowest BCUT2D eigenvalue weighted by molar-refractivity contribution is -0.143. The largest absolute Gasteiger partial charge is 0.492 e. The molecule has 12 heteroatoms. The molecule has 45 heavy (non-hydrogen) atoms. The molecular formula is C33H38FN5O6. The Morgan fingerprint density at radius 1 is 1.07 bits per heavy atom. The number of hydrogen-bond acceptors (Lipinski definition) is 7. The number of H-pyrrole nitrogens is 1. The van der Waals surface area contributed by atoms with Crippen molar-refractivity contribution in [3.8, 4) is 5.75 Å². The number of halogens is 1. The maximum absolute atomic E-state index is 16.3. The van der Waals surface area contributed by atoms with Crippen molar-refractivity contribution in [3.05, 3.63) is 68.9 Å². The molecule has 2 aromatic carbocycles. The molecule has 4 heterocycles. The Hall–Kier alpha value is -4.48. The smallest absolute Gasteiger partial charge is 0.411 e. The van der Waals surface area contributed by atoms with Gasteiger partial charge in [0.05, 0.1) is 17.7 Å². The normalized spacial score (nSPS) is 19.9. The van der Waals surface area contributed by atoms with Gasteiger partial charge in [-0.3, -0.25) is 19.3 Å². The molecule has 6 rings (SSSR count). The zero-order chi connectivity index (χ0) is 32.1. The predicted molar refractivity (Wildman–Crippen MR) is 164 cm³/mol. The lowest BCUT2D eigenvalue weighted by atomic mass is 9.96. The Balaban J connectivity index is 1.20. The summed E-state index contributed by atoms with van der Waals surface area (Å²) in [5.41, 5.74) is -0.641. The molecule has 2 fully saturated rings. The molecule has 1 N–H and O–H groups in total. The molecule has 0 spiro atoms. The van der Waals surface area contributed by atoms with Crippen molar-refractivity contribution in [2.24, 2.45) is 0 Å². The SMILES string of the molecule is CC(C)(C)OC(=O)N1CCC[C@]1(C)C(=O)N1CCN(C(=O)c2c(F)c(Cc3n[nH]c(=O)c4ccccc34)cc3c2OCC3)CC1. The van der Waals surface area contributed by atoms with E-state index in [4.69, 9.17) is 9.47 Å². The molecule has 2 saturated heterocycles. The van der Waals surface area contributed by atoms with Gasteiger partial charge in [0.1, 0.15) is 28.3 Å². The summed E-state index contributed by atoms with van der Waals surface area (Å²) in [5.74, 6) is -1.11. The maximum Gasteiger partial charge on any atom is 0.411 e. The molecule has 0 radical (unpaired) electrons. The number of likely N-dealkylation sites (tertiary alicyclic amines) is 1. The molecule has 3 amide bonds. The van der Waals surface area contributed by atoms with E-state index in [1.807, 2.05) is 0 Å². The molecule has 238 valence electrons. The molecule has 0 saturated carbocycles. The van der Waals surface area contributed by atoms with E-state index in [0.29, 0.717) is 48.9 Å². The lowest BCUT2D eigenvalue weighted by Gasteiger charge is -2.41. The molecule has 0 bridgehead atoms. The first-order valence-electron chi connectivity index (χ1n) is 15.4. The van der Waals surface area contributed by atoms with Crippen molar-refractivity contribution >= 4 is 28.7 Å². The van der Waals surface area contributed by atoms with Gasteiger partial charge in [0.2, 0.25) is 5.91 Å². The van der Waals surface area contributed by atoms with E-state index in [-0.39, 0.29) is 60.9 Å². The van der Waals surface area contributed by atoms with Gasteiger partial charge in [0.15, 0.2) is 0 Å². The Kier molecular flexibility index (Phi) is 7.78. The van der Waals surface area contributed by atoms with Crippen LogP contribution in [-0.2, 0) is 22.4 Å². The Morgan fingerprint density at radius 2 is 1.76 bits per heavy atom. The summed E-state index contributed by atoms with van der Waals surface area (Å²) in [7, 11) is 0. The van der Waals surface area contributed by atoms with Gasteiger partial charge in [-0.05, 0) is 63.8 Å². The summed E-state index contributed by atoms with van der Waals surface area (Å²) >= 11 is 0. The van der Waals surface area contributed by atoms with Crippen LogP contribution in [0.3, 0.4) is 0 Å². The summed E-state index contributed by atoms with van der Waals surface area (Å²) < 4.78 is 27.6. The fourth-order valence-electron chi connectivity index (χ4n) is 6.59. The number of ether oxygens (including phenoxy) is 2. The van der Waals surface area contributed by atoms with E-state index in [0.717, 1.165) is 5.56 Å². The van der Waals surface area contributed by atoms with Crippen molar-refractivity contribution < 1.29 is 28.2 Å². The minimum atomic E-state index is -1.04. The number of aromatic amines is 1. The van der Waals surface area contributed by atoms with Gasteiger partial charge in [-0.1, -0.05) is 18.2 Å². The summed E-state index contributed by atoms with van der Waals surface area (Å²) in [6.07, 6.45) is 1.30. The van der Waals surface area contributed by atoms with Gasteiger partial charge in [-0.25, -0.2) is 14.3 Å². The topological polar surface area (TPSA) is 125 Å². The second-order valence-electron chi connectivity index (χ2n) is 13.1. The highest BCUT2D eigenvalue weighted by atomic mass is 19.1. The lowest BCUT2D eigenvalue weighted by Crippen LogP contribution is -2.60. The third-order valence-corrected chi connectivity index (χ3v) is 8.90. The molecule has 0 unspecified atom stereocenters. The first kappa shape index (κ1) is 30.5. The van der Waals surface area contributed by atoms with Crippen LogP contribution >= 0.6 is 0 Å². The number of nitrogens with zero attached hydrogens (tertiary/aromatic N) is 4. The fourth-order valence-corrected chi connectivity index (χ4v) is 6.59. The maximum atomic E-state index is 16.3. The summed E-state index contributed by atoms with van der Waals surface area (Å²) in [6, 6.07) is 8.72. The van der Waals surface area contributed by atoms with Crippen LogP contribution in [0.1, 0.15) is 67.7 Å². The third kappa shape index (κ3) is 5.62. The predicted octanol–water partition coefficient (Wildman–Crippen LogP) is 3.66. The van der Waals surface area contributed by atoms with E-state index < -0.39 is 29.0 Å². The van der Waals surface area contributed by atoms with Gasteiger partial charge >= 0.3 is 6.09 Å². The Labute approximate surface area is 260 Å². The van der Waals surface area contributed by atoms with E-state index in [9.17, 15) is 19.2 Å². The molecule has 3 aliphatic heterocycles. The minimum absolute atomic E-state index is 0.0751. The average molecular weight is 620 g/mol. The van der Waals surface area contributed by atoms with Crippen LogP contribution in [0.5, 0.6) is 5.75 Å². The Bertz CT molecular complexity index is 1740. The second-order valence-corrected chi connectivity index (χ2v) is 13.1. The molecular weight excluding hydrogens is 581 g/mol.